The Morgan fingerprint density at radius 2 is 2.06 bits per heavy atom. The molecule has 1 saturated heterocycles. The van der Waals surface area contributed by atoms with Gasteiger partial charge in [-0.3, -0.25) is 5.41 Å². The SMILES string of the molecule is CC1CCN(CCC(C)(C)C(=N)N)C(C)C1. The molecule has 94 valence electrons. The zero-order valence-electron chi connectivity index (χ0n) is 11.2. The molecule has 1 rings (SSSR count). The van der Waals surface area contributed by atoms with E-state index in [0.29, 0.717) is 11.9 Å². The Morgan fingerprint density at radius 1 is 1.44 bits per heavy atom. The van der Waals surface area contributed by atoms with Gasteiger partial charge in [-0.05, 0) is 45.2 Å². The van der Waals surface area contributed by atoms with E-state index in [0.717, 1.165) is 18.9 Å². The van der Waals surface area contributed by atoms with Crippen molar-refractivity contribution in [2.24, 2.45) is 17.1 Å². The molecular weight excluding hydrogens is 198 g/mol. The number of amidine groups is 1. The first kappa shape index (κ1) is 13.5. The van der Waals surface area contributed by atoms with E-state index < -0.39 is 0 Å². The van der Waals surface area contributed by atoms with Gasteiger partial charge in [0.25, 0.3) is 0 Å². The third-order valence-corrected chi connectivity index (χ3v) is 4.03. The highest BCUT2D eigenvalue weighted by atomic mass is 15.2. The lowest BCUT2D eigenvalue weighted by Gasteiger charge is -2.38. The van der Waals surface area contributed by atoms with Crippen molar-refractivity contribution in [1.82, 2.24) is 4.90 Å². The van der Waals surface area contributed by atoms with Crippen LogP contribution in [0.5, 0.6) is 0 Å². The summed E-state index contributed by atoms with van der Waals surface area (Å²) in [5, 5.41) is 7.56. The van der Waals surface area contributed by atoms with Crippen LogP contribution in [-0.2, 0) is 0 Å². The summed E-state index contributed by atoms with van der Waals surface area (Å²) in [5.74, 6) is 1.18. The second-order valence-electron chi connectivity index (χ2n) is 6.06. The number of piperidine rings is 1. The Bertz CT molecular complexity index is 248. The molecule has 1 heterocycles. The smallest absolute Gasteiger partial charge is 0.0963 e. The molecule has 0 aromatic carbocycles. The van der Waals surface area contributed by atoms with Crippen LogP contribution in [0.1, 0.15) is 47.0 Å². The van der Waals surface area contributed by atoms with Crippen LogP contribution in [0.3, 0.4) is 0 Å². The van der Waals surface area contributed by atoms with Crippen LogP contribution in [-0.4, -0.2) is 29.9 Å². The number of hydrogen-bond donors (Lipinski definition) is 2. The Labute approximate surface area is 99.9 Å². The molecule has 0 aromatic heterocycles. The lowest BCUT2D eigenvalue weighted by Crippen LogP contribution is -2.43. The van der Waals surface area contributed by atoms with Crippen LogP contribution in [0, 0.1) is 16.7 Å². The third kappa shape index (κ3) is 3.48. The maximum Gasteiger partial charge on any atom is 0.0963 e. The van der Waals surface area contributed by atoms with Crippen LogP contribution in [0.2, 0.25) is 0 Å². The minimum absolute atomic E-state index is 0.150. The maximum absolute atomic E-state index is 7.56. The summed E-state index contributed by atoms with van der Waals surface area (Å²) in [6.45, 7) is 11.1. The van der Waals surface area contributed by atoms with Crippen LogP contribution in [0.4, 0.5) is 0 Å². The molecule has 0 radical (unpaired) electrons. The average Bonchev–Trinajstić information content (AvgIpc) is 2.16. The largest absolute Gasteiger partial charge is 0.387 e. The maximum atomic E-state index is 7.56. The quantitative estimate of drug-likeness (QED) is 0.570. The lowest BCUT2D eigenvalue weighted by atomic mass is 9.86. The van der Waals surface area contributed by atoms with E-state index in [9.17, 15) is 0 Å². The summed E-state index contributed by atoms with van der Waals surface area (Å²) in [4.78, 5) is 2.55. The first-order valence-electron chi connectivity index (χ1n) is 6.41. The van der Waals surface area contributed by atoms with Crippen molar-refractivity contribution < 1.29 is 0 Å². The predicted octanol–water partition coefficient (Wildman–Crippen LogP) is 2.46. The highest BCUT2D eigenvalue weighted by Gasteiger charge is 2.26. The molecule has 0 aromatic rings. The van der Waals surface area contributed by atoms with Gasteiger partial charge in [-0.2, -0.15) is 0 Å². The first-order chi connectivity index (χ1) is 7.33. The molecule has 0 aliphatic carbocycles. The van der Waals surface area contributed by atoms with Gasteiger partial charge in [-0.1, -0.05) is 20.8 Å². The van der Waals surface area contributed by atoms with E-state index >= 15 is 0 Å². The lowest BCUT2D eigenvalue weighted by molar-refractivity contribution is 0.119. The van der Waals surface area contributed by atoms with Gasteiger partial charge in [0.15, 0.2) is 0 Å². The van der Waals surface area contributed by atoms with E-state index in [1.54, 1.807) is 0 Å². The molecule has 2 unspecified atom stereocenters. The molecule has 3 N–H and O–H groups in total. The summed E-state index contributed by atoms with van der Waals surface area (Å²) in [5.41, 5.74) is 5.46. The van der Waals surface area contributed by atoms with Gasteiger partial charge >= 0.3 is 0 Å². The van der Waals surface area contributed by atoms with Crippen LogP contribution in [0.25, 0.3) is 0 Å². The van der Waals surface area contributed by atoms with E-state index in [-0.39, 0.29) is 5.41 Å². The molecule has 0 bridgehead atoms. The van der Waals surface area contributed by atoms with E-state index in [2.05, 4.69) is 32.6 Å². The second-order valence-corrected chi connectivity index (χ2v) is 6.06. The van der Waals surface area contributed by atoms with E-state index in [4.69, 9.17) is 11.1 Å². The summed E-state index contributed by atoms with van der Waals surface area (Å²) in [6.07, 6.45) is 3.60. The van der Waals surface area contributed by atoms with Gasteiger partial charge in [0, 0.05) is 11.5 Å². The fraction of sp³-hybridized carbons (Fsp3) is 0.923. The number of likely N-dealkylation sites (tertiary alicyclic amines) is 1. The summed E-state index contributed by atoms with van der Waals surface area (Å²) < 4.78 is 0. The van der Waals surface area contributed by atoms with E-state index in [1.165, 1.54) is 19.4 Å². The summed E-state index contributed by atoms with van der Waals surface area (Å²) in [6, 6.07) is 0.687. The van der Waals surface area contributed by atoms with Gasteiger partial charge in [-0.25, -0.2) is 0 Å². The molecule has 1 aliphatic heterocycles. The standard InChI is InChI=1S/C13H27N3/c1-10-5-7-16(11(2)9-10)8-6-13(3,4)12(14)15/h10-11H,5-9H2,1-4H3,(H3,14,15). The number of nitrogens with zero attached hydrogens (tertiary/aromatic N) is 1. The molecule has 0 saturated carbocycles. The van der Waals surface area contributed by atoms with Gasteiger partial charge in [0.05, 0.1) is 5.84 Å². The van der Waals surface area contributed by atoms with Gasteiger partial charge < -0.3 is 10.6 Å². The van der Waals surface area contributed by atoms with Crippen molar-refractivity contribution in [2.75, 3.05) is 13.1 Å². The first-order valence-corrected chi connectivity index (χ1v) is 6.41. The monoisotopic (exact) mass is 225 g/mol. The molecule has 0 amide bonds. The minimum Gasteiger partial charge on any atom is -0.387 e. The minimum atomic E-state index is -0.150. The molecule has 2 atom stereocenters. The molecule has 16 heavy (non-hydrogen) atoms. The van der Waals surface area contributed by atoms with Crippen molar-refractivity contribution in [3.05, 3.63) is 0 Å². The number of nitrogens with two attached hydrogens (primary N) is 1. The fourth-order valence-electron chi connectivity index (χ4n) is 2.35. The summed E-state index contributed by atoms with van der Waals surface area (Å²) >= 11 is 0. The Hall–Kier alpha value is -0.570. The van der Waals surface area contributed by atoms with E-state index in [1.807, 2.05) is 0 Å². The number of nitrogens with one attached hydrogen (secondary N) is 1. The second kappa shape index (κ2) is 5.17. The molecule has 1 aliphatic rings. The average molecular weight is 225 g/mol. The molecular formula is C13H27N3. The predicted molar refractivity (Wildman–Crippen MR) is 69.7 cm³/mol. The van der Waals surface area contributed by atoms with Gasteiger partial charge in [0.2, 0.25) is 0 Å². The van der Waals surface area contributed by atoms with Crippen LogP contribution >= 0.6 is 0 Å². The zero-order chi connectivity index (χ0) is 12.3. The Balaban J connectivity index is 2.41. The van der Waals surface area contributed by atoms with Crippen molar-refractivity contribution in [3.63, 3.8) is 0 Å². The Kier molecular flexibility index (Phi) is 4.36. The van der Waals surface area contributed by atoms with Gasteiger partial charge in [-0.15, -0.1) is 0 Å². The van der Waals surface area contributed by atoms with Crippen LogP contribution in [0.15, 0.2) is 0 Å². The molecule has 1 fully saturated rings. The van der Waals surface area contributed by atoms with Crippen LogP contribution < -0.4 is 5.73 Å². The number of rotatable bonds is 4. The van der Waals surface area contributed by atoms with Gasteiger partial charge in [0.1, 0.15) is 0 Å². The van der Waals surface area contributed by atoms with Crippen molar-refractivity contribution in [1.29, 1.82) is 5.41 Å². The highest BCUT2D eigenvalue weighted by Crippen LogP contribution is 2.25. The topological polar surface area (TPSA) is 53.1 Å². The van der Waals surface area contributed by atoms with Crippen molar-refractivity contribution in [2.45, 2.75) is 53.0 Å². The number of hydrogen-bond acceptors (Lipinski definition) is 2. The summed E-state index contributed by atoms with van der Waals surface area (Å²) in [7, 11) is 0. The third-order valence-electron chi connectivity index (χ3n) is 4.03. The fourth-order valence-corrected chi connectivity index (χ4v) is 2.35. The Morgan fingerprint density at radius 3 is 2.56 bits per heavy atom. The highest BCUT2D eigenvalue weighted by molar-refractivity contribution is 5.82. The van der Waals surface area contributed by atoms with Crippen molar-refractivity contribution >= 4 is 5.84 Å². The van der Waals surface area contributed by atoms with Crippen molar-refractivity contribution in [3.8, 4) is 0 Å². The normalized spacial score (nSPS) is 28.0. The molecule has 3 heteroatoms. The molecule has 3 nitrogen and oxygen atoms in total. The molecule has 0 spiro atoms. The zero-order valence-corrected chi connectivity index (χ0v) is 11.2.